The highest BCUT2D eigenvalue weighted by atomic mass is 32.1. The molecule has 28 heavy (non-hydrogen) atoms. The van der Waals surface area contributed by atoms with Gasteiger partial charge in [-0.25, -0.2) is 0 Å². The number of nitrogens with zero attached hydrogens (tertiary/aromatic N) is 2. The van der Waals surface area contributed by atoms with Gasteiger partial charge in [0.05, 0.1) is 19.8 Å². The van der Waals surface area contributed by atoms with Gasteiger partial charge in [-0.05, 0) is 67.0 Å². The number of quaternary nitrogens is 1. The molecule has 0 unspecified atom stereocenters. The van der Waals surface area contributed by atoms with E-state index in [0.29, 0.717) is 0 Å². The van der Waals surface area contributed by atoms with Crippen LogP contribution in [0.15, 0.2) is 42.7 Å². The molecule has 150 valence electrons. The minimum atomic E-state index is 0.777. The van der Waals surface area contributed by atoms with E-state index in [0.717, 1.165) is 63.2 Å². The number of thiocarbonyl (C=S) groups is 1. The second-order valence-corrected chi connectivity index (χ2v) is 7.94. The fraction of sp³-hybridized carbons (Fsp3) is 0.455. The number of aromatic nitrogens is 1. The van der Waals surface area contributed by atoms with E-state index in [1.807, 2.05) is 12.4 Å². The minimum Gasteiger partial charge on any atom is -0.370 e. The van der Waals surface area contributed by atoms with E-state index >= 15 is 0 Å². The van der Waals surface area contributed by atoms with Crippen molar-refractivity contribution in [2.75, 3.05) is 44.7 Å². The molecule has 0 radical (unpaired) electrons. The van der Waals surface area contributed by atoms with Crippen LogP contribution in [0, 0.1) is 13.8 Å². The summed E-state index contributed by atoms with van der Waals surface area (Å²) in [5.74, 6) is 0. The van der Waals surface area contributed by atoms with Crippen LogP contribution in [0.1, 0.15) is 23.1 Å². The summed E-state index contributed by atoms with van der Waals surface area (Å²) in [5.41, 5.74) is 4.75. The first-order valence-corrected chi connectivity index (χ1v) is 10.5. The number of aryl methyl sites for hydroxylation is 2. The molecule has 1 aliphatic rings. The zero-order chi connectivity index (χ0) is 19.8. The van der Waals surface area contributed by atoms with Crippen molar-refractivity contribution < 1.29 is 9.64 Å². The summed E-state index contributed by atoms with van der Waals surface area (Å²) in [6.45, 7) is 11.1. The predicted molar refractivity (Wildman–Crippen MR) is 118 cm³/mol. The van der Waals surface area contributed by atoms with Crippen molar-refractivity contribution in [2.45, 2.75) is 26.8 Å². The highest BCUT2D eigenvalue weighted by Crippen LogP contribution is 2.15. The van der Waals surface area contributed by atoms with Crippen molar-refractivity contribution in [2.24, 2.45) is 0 Å². The first-order valence-electron chi connectivity index (χ1n) is 10.0. The lowest BCUT2D eigenvalue weighted by Crippen LogP contribution is -3.14. The molecule has 1 aromatic heterocycles. The molecule has 1 aromatic carbocycles. The number of benzene rings is 1. The summed E-state index contributed by atoms with van der Waals surface area (Å²) in [6, 6.07) is 10.6. The normalized spacial score (nSPS) is 14.6. The molecule has 1 fully saturated rings. The molecule has 0 saturated carbocycles. The molecule has 2 aromatic rings. The summed E-state index contributed by atoms with van der Waals surface area (Å²) in [6.07, 6.45) is 4.78. The van der Waals surface area contributed by atoms with Crippen LogP contribution >= 0.6 is 12.2 Å². The van der Waals surface area contributed by atoms with E-state index in [4.69, 9.17) is 17.0 Å². The third kappa shape index (κ3) is 6.55. The lowest BCUT2D eigenvalue weighted by Gasteiger charge is -2.28. The first kappa shape index (κ1) is 20.7. The molecule has 5 nitrogen and oxygen atoms in total. The Balaban J connectivity index is 1.62. The van der Waals surface area contributed by atoms with E-state index < -0.39 is 0 Å². The molecule has 0 bridgehead atoms. The summed E-state index contributed by atoms with van der Waals surface area (Å²) >= 11 is 5.79. The highest BCUT2D eigenvalue weighted by molar-refractivity contribution is 7.80. The van der Waals surface area contributed by atoms with E-state index in [9.17, 15) is 0 Å². The van der Waals surface area contributed by atoms with Crippen LogP contribution in [0.4, 0.5) is 5.69 Å². The third-order valence-electron chi connectivity index (χ3n) is 5.04. The molecule has 2 heterocycles. The van der Waals surface area contributed by atoms with E-state index in [-0.39, 0.29) is 0 Å². The van der Waals surface area contributed by atoms with Crippen LogP contribution in [0.3, 0.4) is 0 Å². The van der Waals surface area contributed by atoms with Crippen LogP contribution in [0.2, 0.25) is 0 Å². The summed E-state index contributed by atoms with van der Waals surface area (Å²) < 4.78 is 5.46. The second-order valence-electron chi connectivity index (χ2n) is 7.55. The molecule has 6 heteroatoms. The summed E-state index contributed by atoms with van der Waals surface area (Å²) in [5, 5.41) is 4.22. The number of rotatable bonds is 7. The first-order chi connectivity index (χ1) is 13.6. The zero-order valence-electron chi connectivity index (χ0n) is 16.9. The number of nitrogens with one attached hydrogen (secondary N) is 2. The monoisotopic (exact) mass is 399 g/mol. The smallest absolute Gasteiger partial charge is 0.173 e. The van der Waals surface area contributed by atoms with Crippen LogP contribution in [-0.2, 0) is 11.3 Å². The Bertz CT molecular complexity index is 742. The second kappa shape index (κ2) is 10.5. The quantitative estimate of drug-likeness (QED) is 0.699. The van der Waals surface area contributed by atoms with E-state index in [1.54, 1.807) is 4.90 Å². The van der Waals surface area contributed by atoms with Gasteiger partial charge in [0.25, 0.3) is 0 Å². The molecule has 3 rings (SSSR count). The van der Waals surface area contributed by atoms with Gasteiger partial charge in [-0.2, -0.15) is 0 Å². The van der Waals surface area contributed by atoms with Gasteiger partial charge in [0, 0.05) is 37.6 Å². The molecule has 0 amide bonds. The topological polar surface area (TPSA) is 41.8 Å². The maximum Gasteiger partial charge on any atom is 0.173 e. The van der Waals surface area contributed by atoms with Gasteiger partial charge in [0.2, 0.25) is 0 Å². The lowest BCUT2D eigenvalue weighted by molar-refractivity contribution is -0.908. The van der Waals surface area contributed by atoms with Crippen molar-refractivity contribution in [1.29, 1.82) is 0 Å². The Hall–Kier alpha value is -2.02. The molecular weight excluding hydrogens is 368 g/mol. The van der Waals surface area contributed by atoms with Gasteiger partial charge >= 0.3 is 0 Å². The van der Waals surface area contributed by atoms with Gasteiger partial charge in [-0.15, -0.1) is 0 Å². The van der Waals surface area contributed by atoms with Gasteiger partial charge in [-0.1, -0.05) is 6.07 Å². The van der Waals surface area contributed by atoms with Crippen molar-refractivity contribution in [3.8, 4) is 0 Å². The molecule has 0 spiro atoms. The number of pyridine rings is 1. The van der Waals surface area contributed by atoms with Crippen LogP contribution in [0.25, 0.3) is 0 Å². The standard InChI is InChI=1S/C22H30N4OS/c1-18-14-19(2)16-21(15-18)24-22(28)26(17-20-4-6-23-7-5-20)9-3-8-25-10-12-27-13-11-25/h4-7,14-16H,3,8-13,17H2,1-2H3,(H,24,28)/p+1. The molecule has 1 aliphatic heterocycles. The number of anilines is 1. The molecule has 2 N–H and O–H groups in total. The predicted octanol–water partition coefficient (Wildman–Crippen LogP) is 2.20. The van der Waals surface area contributed by atoms with Crippen LogP contribution in [-0.4, -0.2) is 54.4 Å². The van der Waals surface area contributed by atoms with Crippen LogP contribution < -0.4 is 10.2 Å². The molecule has 1 saturated heterocycles. The Kier molecular flexibility index (Phi) is 7.77. The number of morpholine rings is 1. The Morgan fingerprint density at radius 1 is 1.14 bits per heavy atom. The van der Waals surface area contributed by atoms with Crippen molar-refractivity contribution in [1.82, 2.24) is 9.88 Å². The van der Waals surface area contributed by atoms with Gasteiger partial charge < -0.3 is 19.9 Å². The Morgan fingerprint density at radius 2 is 1.82 bits per heavy atom. The van der Waals surface area contributed by atoms with Gasteiger partial charge in [0.1, 0.15) is 13.1 Å². The third-order valence-corrected chi connectivity index (χ3v) is 5.40. The van der Waals surface area contributed by atoms with Crippen molar-refractivity contribution in [3.63, 3.8) is 0 Å². The number of ether oxygens (including phenoxy) is 1. The average Bonchev–Trinajstić information content (AvgIpc) is 2.68. The maximum absolute atomic E-state index is 5.79. The molecule has 0 atom stereocenters. The summed E-state index contributed by atoms with van der Waals surface area (Å²) in [4.78, 5) is 8.02. The Labute approximate surface area is 173 Å². The minimum absolute atomic E-state index is 0.777. The van der Waals surface area contributed by atoms with Crippen molar-refractivity contribution in [3.05, 3.63) is 59.4 Å². The van der Waals surface area contributed by atoms with E-state index in [2.05, 4.69) is 59.4 Å². The van der Waals surface area contributed by atoms with E-state index in [1.165, 1.54) is 16.7 Å². The maximum atomic E-state index is 5.79. The van der Waals surface area contributed by atoms with Crippen LogP contribution in [0.5, 0.6) is 0 Å². The fourth-order valence-electron chi connectivity index (χ4n) is 3.64. The average molecular weight is 400 g/mol. The molecule has 0 aliphatic carbocycles. The Morgan fingerprint density at radius 3 is 2.50 bits per heavy atom. The summed E-state index contributed by atoms with van der Waals surface area (Å²) in [7, 11) is 0. The van der Waals surface area contributed by atoms with Crippen molar-refractivity contribution >= 4 is 23.0 Å². The zero-order valence-corrected chi connectivity index (χ0v) is 17.7. The lowest BCUT2D eigenvalue weighted by atomic mass is 10.1. The van der Waals surface area contributed by atoms with Gasteiger partial charge in [0.15, 0.2) is 5.11 Å². The SMILES string of the molecule is Cc1cc(C)cc(NC(=S)N(CCC[NH+]2CCOCC2)Cc2ccncc2)c1. The molecular formula is C22H31N4OS+. The number of hydrogen-bond acceptors (Lipinski definition) is 3. The highest BCUT2D eigenvalue weighted by Gasteiger charge is 2.16. The number of hydrogen-bond donors (Lipinski definition) is 2. The van der Waals surface area contributed by atoms with Gasteiger partial charge in [-0.3, -0.25) is 4.98 Å². The largest absolute Gasteiger partial charge is 0.370 e. The fourth-order valence-corrected chi connectivity index (χ4v) is 3.91.